The van der Waals surface area contributed by atoms with Gasteiger partial charge in [0.1, 0.15) is 5.25 Å². The SMILES string of the molecule is CCc1nc2n(n1)C(=O)C(C(c1cccs1)N1CC(C)CC(C)C1)S2. The summed E-state index contributed by atoms with van der Waals surface area (Å²) in [7, 11) is 0. The lowest BCUT2D eigenvalue weighted by Crippen LogP contribution is -2.45. The molecule has 0 spiro atoms. The van der Waals surface area contributed by atoms with E-state index in [4.69, 9.17) is 0 Å². The molecule has 4 atom stereocenters. The first-order valence-corrected chi connectivity index (χ1v) is 10.8. The molecule has 0 aromatic carbocycles. The Labute approximate surface area is 156 Å². The highest BCUT2D eigenvalue weighted by atomic mass is 32.2. The molecule has 1 saturated heterocycles. The van der Waals surface area contributed by atoms with Crippen LogP contribution in [0.2, 0.25) is 0 Å². The van der Waals surface area contributed by atoms with Gasteiger partial charge >= 0.3 is 0 Å². The molecule has 0 N–H and O–H groups in total. The predicted octanol–water partition coefficient (Wildman–Crippen LogP) is 3.74. The van der Waals surface area contributed by atoms with Crippen molar-refractivity contribution >= 4 is 29.0 Å². The summed E-state index contributed by atoms with van der Waals surface area (Å²) in [5.74, 6) is 2.16. The molecule has 134 valence electrons. The quantitative estimate of drug-likeness (QED) is 0.814. The van der Waals surface area contributed by atoms with Gasteiger partial charge in [-0.3, -0.25) is 9.69 Å². The molecule has 2 aliphatic rings. The van der Waals surface area contributed by atoms with Gasteiger partial charge in [0.2, 0.25) is 0 Å². The number of aryl methyl sites for hydroxylation is 1. The Bertz CT molecular complexity index is 747. The van der Waals surface area contributed by atoms with E-state index >= 15 is 0 Å². The van der Waals surface area contributed by atoms with Crippen molar-refractivity contribution in [3.63, 3.8) is 0 Å². The smallest absolute Gasteiger partial charge is 0.264 e. The molecule has 4 unspecified atom stereocenters. The lowest BCUT2D eigenvalue weighted by atomic mass is 9.90. The third kappa shape index (κ3) is 3.17. The van der Waals surface area contributed by atoms with E-state index in [-0.39, 0.29) is 17.2 Å². The van der Waals surface area contributed by atoms with Gasteiger partial charge in [-0.15, -0.1) is 16.4 Å². The first kappa shape index (κ1) is 17.2. The van der Waals surface area contributed by atoms with E-state index in [2.05, 4.69) is 46.3 Å². The van der Waals surface area contributed by atoms with E-state index < -0.39 is 0 Å². The van der Waals surface area contributed by atoms with Gasteiger partial charge < -0.3 is 0 Å². The lowest BCUT2D eigenvalue weighted by Gasteiger charge is -2.41. The summed E-state index contributed by atoms with van der Waals surface area (Å²) in [6, 6.07) is 4.36. The van der Waals surface area contributed by atoms with E-state index in [1.165, 1.54) is 16.0 Å². The molecule has 5 nitrogen and oxygen atoms in total. The number of likely N-dealkylation sites (tertiary alicyclic amines) is 1. The second kappa shape index (κ2) is 6.85. The number of hydrogen-bond donors (Lipinski definition) is 0. The fraction of sp³-hybridized carbons (Fsp3) is 0.611. The second-order valence-corrected chi connectivity index (χ2v) is 9.40. The number of thiophene rings is 1. The van der Waals surface area contributed by atoms with Gasteiger partial charge in [0.25, 0.3) is 5.91 Å². The largest absolute Gasteiger partial charge is 0.293 e. The number of hydrogen-bond acceptors (Lipinski definition) is 6. The highest BCUT2D eigenvalue weighted by molar-refractivity contribution is 8.01. The van der Waals surface area contributed by atoms with Crippen molar-refractivity contribution in [3.8, 4) is 0 Å². The van der Waals surface area contributed by atoms with Crippen LogP contribution in [0.1, 0.15) is 48.7 Å². The molecule has 0 aliphatic carbocycles. The Hall–Kier alpha value is -1.18. The average Bonchev–Trinajstić information content (AvgIpc) is 3.27. The molecule has 0 saturated carbocycles. The van der Waals surface area contributed by atoms with E-state index in [1.54, 1.807) is 23.1 Å². The molecule has 4 rings (SSSR count). The number of carbonyl (C=O) groups excluding carboxylic acids is 1. The highest BCUT2D eigenvalue weighted by Crippen LogP contribution is 2.43. The zero-order valence-electron chi connectivity index (χ0n) is 14.9. The Morgan fingerprint density at radius 3 is 2.68 bits per heavy atom. The Morgan fingerprint density at radius 1 is 1.32 bits per heavy atom. The molecule has 1 fully saturated rings. The molecule has 2 aromatic rings. The van der Waals surface area contributed by atoms with Crippen molar-refractivity contribution in [1.82, 2.24) is 19.7 Å². The van der Waals surface area contributed by atoms with Gasteiger partial charge in [-0.05, 0) is 29.7 Å². The molecule has 0 amide bonds. The van der Waals surface area contributed by atoms with Crippen LogP contribution in [-0.2, 0) is 6.42 Å². The van der Waals surface area contributed by atoms with E-state index in [0.29, 0.717) is 11.8 Å². The molecular formula is C18H24N4OS2. The van der Waals surface area contributed by atoms with Crippen molar-refractivity contribution in [2.75, 3.05) is 13.1 Å². The second-order valence-electron chi connectivity index (χ2n) is 7.31. The van der Waals surface area contributed by atoms with Crippen molar-refractivity contribution in [2.45, 2.75) is 50.1 Å². The summed E-state index contributed by atoms with van der Waals surface area (Å²) >= 11 is 3.34. The Kier molecular flexibility index (Phi) is 4.73. The maximum atomic E-state index is 13.1. The van der Waals surface area contributed by atoms with Crippen molar-refractivity contribution in [3.05, 3.63) is 28.2 Å². The third-order valence-electron chi connectivity index (χ3n) is 5.03. The summed E-state index contributed by atoms with van der Waals surface area (Å²) in [5.41, 5.74) is 0. The first-order valence-electron chi connectivity index (χ1n) is 9.01. The van der Waals surface area contributed by atoms with Crippen LogP contribution in [0.3, 0.4) is 0 Å². The lowest BCUT2D eigenvalue weighted by molar-refractivity contribution is 0.0720. The third-order valence-corrected chi connectivity index (χ3v) is 7.17. The summed E-state index contributed by atoms with van der Waals surface area (Å²) < 4.78 is 1.53. The van der Waals surface area contributed by atoms with E-state index in [9.17, 15) is 4.79 Å². The van der Waals surface area contributed by atoms with Crippen LogP contribution < -0.4 is 0 Å². The monoisotopic (exact) mass is 376 g/mol. The molecule has 2 aromatic heterocycles. The zero-order chi connectivity index (χ0) is 17.6. The van der Waals surface area contributed by atoms with Crippen LogP contribution in [0.15, 0.2) is 22.7 Å². The Morgan fingerprint density at radius 2 is 2.08 bits per heavy atom. The van der Waals surface area contributed by atoms with Gasteiger partial charge in [-0.2, -0.15) is 4.68 Å². The van der Waals surface area contributed by atoms with Gasteiger partial charge in [-0.1, -0.05) is 38.6 Å². The van der Waals surface area contributed by atoms with Gasteiger partial charge in [0, 0.05) is 24.4 Å². The molecule has 4 heterocycles. The molecular weight excluding hydrogens is 352 g/mol. The summed E-state index contributed by atoms with van der Waals surface area (Å²) in [4.78, 5) is 21.4. The van der Waals surface area contributed by atoms with E-state index in [0.717, 1.165) is 30.5 Å². The van der Waals surface area contributed by atoms with Gasteiger partial charge in [0.15, 0.2) is 11.0 Å². The minimum Gasteiger partial charge on any atom is -0.293 e. The number of nitrogens with zero attached hydrogens (tertiary/aromatic N) is 4. The minimum absolute atomic E-state index is 0.0801. The van der Waals surface area contributed by atoms with Gasteiger partial charge in [-0.25, -0.2) is 4.98 Å². The molecule has 0 bridgehead atoms. The molecule has 0 radical (unpaired) electrons. The van der Waals surface area contributed by atoms with Crippen molar-refractivity contribution in [2.24, 2.45) is 11.8 Å². The normalized spacial score (nSPS) is 28.3. The topological polar surface area (TPSA) is 51.0 Å². The van der Waals surface area contributed by atoms with Crippen molar-refractivity contribution < 1.29 is 4.79 Å². The van der Waals surface area contributed by atoms with Crippen molar-refractivity contribution in [1.29, 1.82) is 0 Å². The minimum atomic E-state index is -0.156. The van der Waals surface area contributed by atoms with Crippen LogP contribution in [0.5, 0.6) is 0 Å². The van der Waals surface area contributed by atoms with Gasteiger partial charge in [0.05, 0.1) is 6.04 Å². The van der Waals surface area contributed by atoms with E-state index in [1.807, 2.05) is 6.92 Å². The highest BCUT2D eigenvalue weighted by Gasteiger charge is 2.44. The predicted molar refractivity (Wildman–Crippen MR) is 101 cm³/mol. The van der Waals surface area contributed by atoms with Crippen LogP contribution >= 0.6 is 23.1 Å². The van der Waals surface area contributed by atoms with Crippen LogP contribution in [0.4, 0.5) is 0 Å². The first-order chi connectivity index (χ1) is 12.1. The van der Waals surface area contributed by atoms with Crippen LogP contribution in [0.25, 0.3) is 0 Å². The standard InChI is InChI=1S/C18H24N4OS2/c1-4-14-19-18-22(20-14)17(23)16(25-18)15(13-6-5-7-24-13)21-9-11(2)8-12(3)10-21/h5-7,11-12,15-16H,4,8-10H2,1-3H3. The summed E-state index contributed by atoms with van der Waals surface area (Å²) in [6.45, 7) is 8.75. The zero-order valence-corrected chi connectivity index (χ0v) is 16.5. The van der Waals surface area contributed by atoms with Crippen LogP contribution in [0, 0.1) is 11.8 Å². The number of piperidine rings is 1. The number of fused-ring (bicyclic) bond motifs is 1. The maximum Gasteiger partial charge on any atom is 0.264 e. The number of aromatic nitrogens is 3. The maximum absolute atomic E-state index is 13.1. The van der Waals surface area contributed by atoms with Crippen LogP contribution in [-0.4, -0.2) is 43.9 Å². The number of thioether (sulfide) groups is 1. The average molecular weight is 377 g/mol. The fourth-order valence-corrected chi connectivity index (χ4v) is 6.36. The molecule has 2 aliphatic heterocycles. The summed E-state index contributed by atoms with van der Waals surface area (Å²) in [6.07, 6.45) is 2.02. The Balaban J connectivity index is 1.65. The summed E-state index contributed by atoms with van der Waals surface area (Å²) in [5, 5.41) is 7.11. The molecule has 7 heteroatoms. The number of rotatable bonds is 4. The number of carbonyl (C=O) groups is 1. The fourth-order valence-electron chi connectivity index (χ4n) is 4.11. The molecule has 25 heavy (non-hydrogen) atoms.